The van der Waals surface area contributed by atoms with Crippen molar-refractivity contribution in [1.82, 2.24) is 0 Å². The average Bonchev–Trinajstić information content (AvgIpc) is 3.44. The van der Waals surface area contributed by atoms with Gasteiger partial charge in [0.1, 0.15) is 5.41 Å². The van der Waals surface area contributed by atoms with Gasteiger partial charge in [-0.25, -0.2) is 4.79 Å². The summed E-state index contributed by atoms with van der Waals surface area (Å²) >= 11 is 0. The minimum atomic E-state index is -1.51. The van der Waals surface area contributed by atoms with Crippen molar-refractivity contribution in [3.63, 3.8) is 0 Å². The second-order valence-corrected chi connectivity index (χ2v) is 9.45. The number of esters is 2. The van der Waals surface area contributed by atoms with Crippen LogP contribution in [-0.4, -0.2) is 58.9 Å². The number of hydrogen-bond donors (Lipinski definition) is 1. The van der Waals surface area contributed by atoms with Gasteiger partial charge >= 0.3 is 11.9 Å². The molecule has 0 bridgehead atoms. The van der Waals surface area contributed by atoms with Crippen LogP contribution in [0.25, 0.3) is 0 Å². The van der Waals surface area contributed by atoms with Gasteiger partial charge in [0.2, 0.25) is 12.5 Å². The number of fused-ring (bicyclic) bond motifs is 1. The number of benzene rings is 3. The third kappa shape index (κ3) is 4.44. The van der Waals surface area contributed by atoms with Gasteiger partial charge in [-0.1, -0.05) is 24.3 Å². The van der Waals surface area contributed by atoms with Crippen molar-refractivity contribution in [3.05, 3.63) is 77.4 Å². The van der Waals surface area contributed by atoms with Crippen LogP contribution >= 0.6 is 0 Å². The zero-order valence-electron chi connectivity index (χ0n) is 22.5. The lowest BCUT2D eigenvalue weighted by molar-refractivity contribution is -0.154. The van der Waals surface area contributed by atoms with Crippen LogP contribution in [0.5, 0.6) is 28.7 Å². The van der Waals surface area contributed by atoms with E-state index in [1.54, 1.807) is 60.7 Å². The highest BCUT2D eigenvalue weighted by molar-refractivity contribution is 5.89. The Bertz CT molecular complexity index is 1380. The van der Waals surface area contributed by atoms with Crippen LogP contribution in [0.4, 0.5) is 0 Å². The van der Waals surface area contributed by atoms with Crippen molar-refractivity contribution in [1.29, 1.82) is 0 Å². The maximum Gasteiger partial charge on any atom is 0.338 e. The molecule has 3 aromatic rings. The molecule has 1 heterocycles. The van der Waals surface area contributed by atoms with Crippen LogP contribution in [0, 0.1) is 11.3 Å². The Kier molecular flexibility index (Phi) is 7.44. The van der Waals surface area contributed by atoms with E-state index in [0.29, 0.717) is 45.4 Å². The summed E-state index contributed by atoms with van der Waals surface area (Å²) in [6.45, 7) is -0.102. The van der Waals surface area contributed by atoms with Crippen LogP contribution in [0.1, 0.15) is 33.5 Å². The standard InChI is InChI=1S/C30H30O10/c1-34-23-13-19(14-24(35-2)26(23)36-3)25-20(15-38-28(32)17-8-6-5-7-9-17)30(25,29(33)37-4)27(31)18-10-11-21-22(12-18)40-16-39-21/h5-14,20,25,27,31H,15-16H2,1-4H3/t20-,25-,27?,30+/m1/s1. The fraction of sp³-hybridized carbons (Fsp3) is 0.333. The zero-order chi connectivity index (χ0) is 28.4. The number of carbonyl (C=O) groups is 2. The third-order valence-electron chi connectivity index (χ3n) is 7.57. The van der Waals surface area contributed by atoms with Crippen molar-refractivity contribution < 1.29 is 47.9 Å². The van der Waals surface area contributed by atoms with E-state index in [-0.39, 0.29) is 13.4 Å². The summed E-state index contributed by atoms with van der Waals surface area (Å²) in [5.74, 6) is -0.387. The lowest BCUT2D eigenvalue weighted by Gasteiger charge is -2.24. The van der Waals surface area contributed by atoms with Crippen LogP contribution in [0.3, 0.4) is 0 Å². The van der Waals surface area contributed by atoms with Gasteiger partial charge in [-0.05, 0) is 47.5 Å². The van der Waals surface area contributed by atoms with Gasteiger partial charge in [0, 0.05) is 11.8 Å². The Labute approximate surface area is 231 Å². The molecule has 10 nitrogen and oxygen atoms in total. The maximum absolute atomic E-state index is 13.6. The van der Waals surface area contributed by atoms with E-state index in [1.165, 1.54) is 28.4 Å². The van der Waals surface area contributed by atoms with Gasteiger partial charge in [-0.2, -0.15) is 0 Å². The van der Waals surface area contributed by atoms with E-state index in [2.05, 4.69) is 0 Å². The molecular weight excluding hydrogens is 520 g/mol. The van der Waals surface area contributed by atoms with Gasteiger partial charge in [-0.3, -0.25) is 4.79 Å². The summed E-state index contributed by atoms with van der Waals surface area (Å²) in [6, 6.07) is 16.9. The van der Waals surface area contributed by atoms with Gasteiger partial charge in [0.05, 0.1) is 46.7 Å². The quantitative estimate of drug-likeness (QED) is 0.372. The SMILES string of the molecule is COC(=O)[C@@]1(C(O)c2ccc3c(c2)OCO3)[C@H](COC(=O)c2ccccc2)[C@H]1c1cc(OC)c(OC)c(OC)c1. The summed E-state index contributed by atoms with van der Waals surface area (Å²) in [4.78, 5) is 26.5. The zero-order valence-corrected chi connectivity index (χ0v) is 22.5. The van der Waals surface area contributed by atoms with E-state index in [9.17, 15) is 14.7 Å². The first-order valence-electron chi connectivity index (χ1n) is 12.6. The molecule has 0 aromatic heterocycles. The van der Waals surface area contributed by atoms with Crippen molar-refractivity contribution in [2.45, 2.75) is 12.0 Å². The predicted molar refractivity (Wildman–Crippen MR) is 141 cm³/mol. The molecule has 1 N–H and O–H groups in total. The Balaban J connectivity index is 1.58. The van der Waals surface area contributed by atoms with E-state index in [4.69, 9.17) is 33.2 Å². The molecular formula is C30H30O10. The molecule has 0 spiro atoms. The largest absolute Gasteiger partial charge is 0.493 e. The Hall–Kier alpha value is -4.44. The molecule has 5 rings (SSSR count). The lowest BCUT2D eigenvalue weighted by Crippen LogP contribution is -2.30. The van der Waals surface area contributed by atoms with Crippen LogP contribution in [0.15, 0.2) is 60.7 Å². The van der Waals surface area contributed by atoms with Crippen LogP contribution in [0.2, 0.25) is 0 Å². The molecule has 0 radical (unpaired) electrons. The Morgan fingerprint density at radius 1 is 0.925 bits per heavy atom. The monoisotopic (exact) mass is 550 g/mol. The molecule has 1 aliphatic heterocycles. The molecule has 2 aliphatic rings. The lowest BCUT2D eigenvalue weighted by atomic mass is 9.87. The molecule has 3 aromatic carbocycles. The highest BCUT2D eigenvalue weighted by atomic mass is 16.7. The fourth-order valence-corrected chi connectivity index (χ4v) is 5.63. The highest BCUT2D eigenvalue weighted by Crippen LogP contribution is 2.72. The van der Waals surface area contributed by atoms with E-state index in [0.717, 1.165) is 0 Å². The number of rotatable bonds is 10. The topological polar surface area (TPSA) is 119 Å². The molecule has 0 amide bonds. The van der Waals surface area contributed by atoms with Gasteiger partial charge < -0.3 is 38.3 Å². The summed E-state index contributed by atoms with van der Waals surface area (Å²) in [5.41, 5.74) is -0.110. The van der Waals surface area contributed by atoms with Crippen molar-refractivity contribution in [2.75, 3.05) is 41.8 Å². The number of ether oxygens (including phenoxy) is 7. The minimum absolute atomic E-state index is 0.0587. The molecule has 10 heteroatoms. The van der Waals surface area contributed by atoms with Crippen molar-refractivity contribution in [3.8, 4) is 28.7 Å². The number of aliphatic hydroxyl groups is 1. The first-order chi connectivity index (χ1) is 19.4. The van der Waals surface area contributed by atoms with E-state index >= 15 is 0 Å². The van der Waals surface area contributed by atoms with Crippen molar-refractivity contribution >= 4 is 11.9 Å². The summed E-state index contributed by atoms with van der Waals surface area (Å²) in [7, 11) is 5.73. The predicted octanol–water partition coefficient (Wildman–Crippen LogP) is 3.90. The number of carbonyl (C=O) groups excluding carboxylic acids is 2. The fourth-order valence-electron chi connectivity index (χ4n) is 5.63. The Morgan fingerprint density at radius 3 is 2.23 bits per heavy atom. The maximum atomic E-state index is 13.6. The first-order valence-corrected chi connectivity index (χ1v) is 12.6. The molecule has 1 fully saturated rings. The molecule has 1 saturated carbocycles. The number of methoxy groups -OCH3 is 4. The second-order valence-electron chi connectivity index (χ2n) is 9.45. The molecule has 40 heavy (non-hydrogen) atoms. The molecule has 0 saturated heterocycles. The van der Waals surface area contributed by atoms with Crippen LogP contribution < -0.4 is 23.7 Å². The van der Waals surface area contributed by atoms with E-state index < -0.39 is 35.3 Å². The highest BCUT2D eigenvalue weighted by Gasteiger charge is 2.75. The second kappa shape index (κ2) is 11.0. The van der Waals surface area contributed by atoms with E-state index in [1.807, 2.05) is 0 Å². The smallest absolute Gasteiger partial charge is 0.338 e. The first kappa shape index (κ1) is 27.1. The van der Waals surface area contributed by atoms with Gasteiger partial charge in [0.15, 0.2) is 23.0 Å². The van der Waals surface area contributed by atoms with Gasteiger partial charge in [-0.15, -0.1) is 0 Å². The number of aliphatic hydroxyl groups excluding tert-OH is 1. The third-order valence-corrected chi connectivity index (χ3v) is 7.57. The molecule has 1 aliphatic carbocycles. The van der Waals surface area contributed by atoms with Crippen LogP contribution in [-0.2, 0) is 14.3 Å². The Morgan fingerprint density at radius 2 is 1.60 bits per heavy atom. The molecule has 4 atom stereocenters. The summed E-state index contributed by atoms with van der Waals surface area (Å²) in [6.07, 6.45) is -1.35. The van der Waals surface area contributed by atoms with Crippen molar-refractivity contribution in [2.24, 2.45) is 11.3 Å². The molecule has 210 valence electrons. The summed E-state index contributed by atoms with van der Waals surface area (Å²) in [5, 5.41) is 11.9. The number of hydrogen-bond acceptors (Lipinski definition) is 10. The summed E-state index contributed by atoms with van der Waals surface area (Å²) < 4.78 is 38.4. The van der Waals surface area contributed by atoms with Gasteiger partial charge in [0.25, 0.3) is 0 Å². The average molecular weight is 551 g/mol. The molecule has 1 unspecified atom stereocenters. The normalized spacial score (nSPS) is 21.2. The minimum Gasteiger partial charge on any atom is -0.493 e.